The van der Waals surface area contributed by atoms with E-state index in [1.165, 1.54) is 0 Å². The van der Waals surface area contributed by atoms with Crippen molar-refractivity contribution in [3.8, 4) is 0 Å². The summed E-state index contributed by atoms with van der Waals surface area (Å²) in [4.78, 5) is 16.2. The summed E-state index contributed by atoms with van der Waals surface area (Å²) in [5.41, 5.74) is 0.702. The highest BCUT2D eigenvalue weighted by Gasteiger charge is 2.34. The number of benzene rings is 1. The van der Waals surface area contributed by atoms with Gasteiger partial charge in [0.15, 0.2) is 5.96 Å². The lowest BCUT2D eigenvalue weighted by Gasteiger charge is -2.27. The normalized spacial score (nSPS) is 19.7. The second kappa shape index (κ2) is 11.1. The predicted molar refractivity (Wildman–Crippen MR) is 108 cm³/mol. The minimum Gasteiger partial charge on any atom is -0.396 e. The molecule has 1 aliphatic heterocycles. The fourth-order valence-electron chi connectivity index (χ4n) is 3.02. The van der Waals surface area contributed by atoms with Crippen molar-refractivity contribution in [1.82, 2.24) is 10.6 Å². The topological polar surface area (TPSA) is 95.0 Å². The number of hydrogen-bond donors (Lipinski definition) is 4. The van der Waals surface area contributed by atoms with Gasteiger partial charge in [0, 0.05) is 55.9 Å². The lowest BCUT2D eigenvalue weighted by Crippen LogP contribution is -2.44. The Hall–Kier alpha value is -1.83. The monoisotopic (exact) mass is 396 g/mol. The Balaban J connectivity index is 1.65. The van der Waals surface area contributed by atoms with Crippen LogP contribution in [-0.2, 0) is 9.53 Å². The van der Waals surface area contributed by atoms with Crippen molar-refractivity contribution in [2.24, 2.45) is 10.4 Å². The minimum absolute atomic E-state index is 0.0351. The maximum atomic E-state index is 12.0. The van der Waals surface area contributed by atoms with Crippen molar-refractivity contribution in [3.05, 3.63) is 29.3 Å². The molecule has 1 aromatic rings. The van der Waals surface area contributed by atoms with E-state index in [0.29, 0.717) is 49.9 Å². The second-order valence-electron chi connectivity index (χ2n) is 6.79. The van der Waals surface area contributed by atoms with Gasteiger partial charge in [-0.2, -0.15) is 0 Å². The number of rotatable bonds is 9. The zero-order chi connectivity index (χ0) is 19.5. The molecule has 0 saturated carbocycles. The van der Waals surface area contributed by atoms with Gasteiger partial charge in [-0.25, -0.2) is 0 Å². The van der Waals surface area contributed by atoms with Gasteiger partial charge in [-0.1, -0.05) is 11.6 Å². The third-order valence-corrected chi connectivity index (χ3v) is 4.93. The number of guanidine groups is 1. The highest BCUT2D eigenvalue weighted by molar-refractivity contribution is 6.30. The summed E-state index contributed by atoms with van der Waals surface area (Å²) in [7, 11) is 1.71. The van der Waals surface area contributed by atoms with Crippen LogP contribution in [0, 0.1) is 5.41 Å². The van der Waals surface area contributed by atoms with Crippen molar-refractivity contribution in [2.75, 3.05) is 45.3 Å². The molecule has 1 unspecified atom stereocenters. The summed E-state index contributed by atoms with van der Waals surface area (Å²) in [6, 6.07) is 7.04. The van der Waals surface area contributed by atoms with Crippen LogP contribution in [0.3, 0.4) is 0 Å². The Bertz CT molecular complexity index is 616. The first kappa shape index (κ1) is 21.5. The highest BCUT2D eigenvalue weighted by Crippen LogP contribution is 2.31. The molecule has 0 bridgehead atoms. The number of aliphatic imine (C=N–C) groups is 1. The molecule has 0 radical (unpaired) electrons. The van der Waals surface area contributed by atoms with Gasteiger partial charge in [-0.3, -0.25) is 9.79 Å². The van der Waals surface area contributed by atoms with E-state index in [0.717, 1.165) is 18.7 Å². The molecule has 7 nitrogen and oxygen atoms in total. The number of nitrogens with one attached hydrogen (secondary N) is 3. The fourth-order valence-corrected chi connectivity index (χ4v) is 3.14. The molecule has 0 spiro atoms. The number of aliphatic hydroxyl groups excluding tert-OH is 1. The Morgan fingerprint density at radius 1 is 1.33 bits per heavy atom. The lowest BCUT2D eigenvalue weighted by molar-refractivity contribution is -0.116. The molecule has 27 heavy (non-hydrogen) atoms. The number of carbonyl (C=O) groups excluding carboxylic acids is 1. The number of nitrogens with zero attached hydrogens (tertiary/aromatic N) is 1. The van der Waals surface area contributed by atoms with Crippen LogP contribution in [-0.4, -0.2) is 56.9 Å². The van der Waals surface area contributed by atoms with Crippen LogP contribution in [0.4, 0.5) is 5.69 Å². The van der Waals surface area contributed by atoms with E-state index in [1.807, 2.05) is 0 Å². The van der Waals surface area contributed by atoms with Crippen molar-refractivity contribution in [3.63, 3.8) is 0 Å². The summed E-state index contributed by atoms with van der Waals surface area (Å²) in [6.45, 7) is 2.88. The molecule has 0 aliphatic carbocycles. The molecule has 2 rings (SSSR count). The van der Waals surface area contributed by atoms with Crippen LogP contribution in [0.1, 0.15) is 25.7 Å². The fraction of sp³-hybridized carbons (Fsp3) is 0.579. The van der Waals surface area contributed by atoms with E-state index in [2.05, 4.69) is 20.9 Å². The second-order valence-corrected chi connectivity index (χ2v) is 7.22. The molecular weight excluding hydrogens is 368 g/mol. The number of carbonyl (C=O) groups is 1. The van der Waals surface area contributed by atoms with Crippen molar-refractivity contribution < 1.29 is 14.6 Å². The van der Waals surface area contributed by atoms with Gasteiger partial charge in [0.1, 0.15) is 0 Å². The third kappa shape index (κ3) is 7.36. The molecule has 150 valence electrons. The molecule has 1 amide bonds. The molecule has 4 N–H and O–H groups in total. The summed E-state index contributed by atoms with van der Waals surface area (Å²) < 4.78 is 5.50. The largest absolute Gasteiger partial charge is 0.396 e. The first-order valence-electron chi connectivity index (χ1n) is 9.25. The highest BCUT2D eigenvalue weighted by atomic mass is 35.5. The Kier molecular flexibility index (Phi) is 8.84. The molecule has 1 aliphatic rings. The Labute approximate surface area is 165 Å². The zero-order valence-corrected chi connectivity index (χ0v) is 16.5. The van der Waals surface area contributed by atoms with Crippen LogP contribution in [0.2, 0.25) is 5.02 Å². The molecule has 1 fully saturated rings. The smallest absolute Gasteiger partial charge is 0.224 e. The third-order valence-electron chi connectivity index (χ3n) is 4.68. The van der Waals surface area contributed by atoms with E-state index < -0.39 is 0 Å². The van der Waals surface area contributed by atoms with Crippen molar-refractivity contribution >= 4 is 29.2 Å². The molecular formula is C19H29ClN4O3. The number of hydrogen-bond acceptors (Lipinski definition) is 4. The van der Waals surface area contributed by atoms with E-state index in [9.17, 15) is 9.90 Å². The zero-order valence-electron chi connectivity index (χ0n) is 15.8. The van der Waals surface area contributed by atoms with Crippen LogP contribution in [0.5, 0.6) is 0 Å². The Morgan fingerprint density at radius 3 is 2.74 bits per heavy atom. The van der Waals surface area contributed by atoms with Crippen LogP contribution in [0.25, 0.3) is 0 Å². The first-order chi connectivity index (χ1) is 13.1. The number of amides is 1. The van der Waals surface area contributed by atoms with Gasteiger partial charge < -0.3 is 25.8 Å². The number of halogens is 1. The number of anilines is 1. The molecule has 8 heteroatoms. The van der Waals surface area contributed by atoms with Crippen molar-refractivity contribution in [2.45, 2.75) is 25.7 Å². The molecule has 1 saturated heterocycles. The minimum atomic E-state index is -0.0369. The SMILES string of the molecule is CN=C(NCCCC(=O)Nc1ccc(Cl)cc1)NCC1(CCO)CCOC1. The average Bonchev–Trinajstić information content (AvgIpc) is 3.12. The quantitative estimate of drug-likeness (QED) is 0.291. The predicted octanol–water partition coefficient (Wildman–Crippen LogP) is 2.01. The summed E-state index contributed by atoms with van der Waals surface area (Å²) >= 11 is 5.83. The van der Waals surface area contributed by atoms with Crippen LogP contribution in [0.15, 0.2) is 29.3 Å². The maximum Gasteiger partial charge on any atom is 0.224 e. The van der Waals surface area contributed by atoms with Gasteiger partial charge in [0.25, 0.3) is 0 Å². The molecule has 1 aromatic carbocycles. The summed E-state index contributed by atoms with van der Waals surface area (Å²) in [5, 5.41) is 19.3. The molecule has 0 aromatic heterocycles. The molecule has 1 heterocycles. The van der Waals surface area contributed by atoms with Crippen molar-refractivity contribution in [1.29, 1.82) is 0 Å². The van der Waals surface area contributed by atoms with Crippen LogP contribution >= 0.6 is 11.6 Å². The summed E-state index contributed by atoms with van der Waals surface area (Å²) in [6.07, 6.45) is 2.74. The van der Waals surface area contributed by atoms with E-state index in [1.54, 1.807) is 31.3 Å². The van der Waals surface area contributed by atoms with E-state index in [-0.39, 0.29) is 17.9 Å². The van der Waals surface area contributed by atoms with Crippen LogP contribution < -0.4 is 16.0 Å². The van der Waals surface area contributed by atoms with E-state index in [4.69, 9.17) is 16.3 Å². The maximum absolute atomic E-state index is 12.0. The first-order valence-corrected chi connectivity index (χ1v) is 9.63. The van der Waals surface area contributed by atoms with Gasteiger partial charge in [0.05, 0.1) is 6.61 Å². The van der Waals surface area contributed by atoms with Gasteiger partial charge in [0.2, 0.25) is 5.91 Å². The van der Waals surface area contributed by atoms with Gasteiger partial charge >= 0.3 is 0 Å². The summed E-state index contributed by atoms with van der Waals surface area (Å²) in [5.74, 6) is 0.657. The van der Waals surface area contributed by atoms with Gasteiger partial charge in [-0.05, 0) is 43.5 Å². The number of ether oxygens (including phenoxy) is 1. The van der Waals surface area contributed by atoms with E-state index >= 15 is 0 Å². The lowest BCUT2D eigenvalue weighted by atomic mass is 9.84. The average molecular weight is 397 g/mol. The number of aliphatic hydroxyl groups is 1. The molecule has 1 atom stereocenters. The Morgan fingerprint density at radius 2 is 2.11 bits per heavy atom. The van der Waals surface area contributed by atoms with Gasteiger partial charge in [-0.15, -0.1) is 0 Å². The standard InChI is InChI=1S/C19H29ClN4O3/c1-21-18(23-13-19(8-11-25)9-12-27-14-19)22-10-2-3-17(26)24-16-6-4-15(20)5-7-16/h4-7,25H,2-3,8-14H2,1H3,(H,24,26)(H2,21,22,23).